The van der Waals surface area contributed by atoms with E-state index in [1.165, 1.54) is 0 Å². The number of carbonyl (C=O) groups excluding carboxylic acids is 2. The van der Waals surface area contributed by atoms with Crippen LogP contribution >= 0.6 is 0 Å². The number of nitrogens with zero attached hydrogens (tertiary/aromatic N) is 2. The summed E-state index contributed by atoms with van der Waals surface area (Å²) in [6.07, 6.45) is 1.73. The fourth-order valence-electron chi connectivity index (χ4n) is 2.53. The highest BCUT2D eigenvalue weighted by Crippen LogP contribution is 2.30. The zero-order valence-corrected chi connectivity index (χ0v) is 13.1. The van der Waals surface area contributed by atoms with Crippen LogP contribution in [0.1, 0.15) is 10.5 Å². The second-order valence-corrected chi connectivity index (χ2v) is 5.48. The van der Waals surface area contributed by atoms with Crippen molar-refractivity contribution in [2.75, 3.05) is 17.2 Å². The third kappa shape index (κ3) is 3.07. The van der Waals surface area contributed by atoms with Crippen LogP contribution in [0.5, 0.6) is 5.75 Å². The van der Waals surface area contributed by atoms with Gasteiger partial charge in [-0.2, -0.15) is 5.10 Å². The van der Waals surface area contributed by atoms with Gasteiger partial charge in [0.15, 0.2) is 12.3 Å². The molecule has 0 saturated heterocycles. The summed E-state index contributed by atoms with van der Waals surface area (Å²) in [5, 5.41) is 9.76. The first-order valence-electron chi connectivity index (χ1n) is 7.68. The van der Waals surface area contributed by atoms with E-state index in [1.807, 2.05) is 30.3 Å². The SMILES string of the molecule is O=C1COc2ccc(NC(=O)c3ccn(-c4ccccc4)n3)cc2N1. The van der Waals surface area contributed by atoms with E-state index in [9.17, 15) is 9.59 Å². The van der Waals surface area contributed by atoms with Crippen molar-refractivity contribution >= 4 is 23.2 Å². The Morgan fingerprint density at radius 2 is 2.00 bits per heavy atom. The van der Waals surface area contributed by atoms with Gasteiger partial charge in [-0.25, -0.2) is 4.68 Å². The Morgan fingerprint density at radius 3 is 2.84 bits per heavy atom. The van der Waals surface area contributed by atoms with E-state index in [-0.39, 0.29) is 18.4 Å². The van der Waals surface area contributed by atoms with Gasteiger partial charge in [-0.3, -0.25) is 9.59 Å². The van der Waals surface area contributed by atoms with Gasteiger partial charge in [0.2, 0.25) is 0 Å². The summed E-state index contributed by atoms with van der Waals surface area (Å²) in [7, 11) is 0. The molecule has 1 aliphatic heterocycles. The third-order valence-electron chi connectivity index (χ3n) is 3.71. The fraction of sp³-hybridized carbons (Fsp3) is 0.0556. The number of anilines is 2. The van der Waals surface area contributed by atoms with Crippen molar-refractivity contribution in [1.29, 1.82) is 0 Å². The lowest BCUT2D eigenvalue weighted by Gasteiger charge is -2.18. The average molecular weight is 334 g/mol. The lowest BCUT2D eigenvalue weighted by Crippen LogP contribution is -2.25. The predicted octanol–water partition coefficient (Wildman–Crippen LogP) is 2.46. The lowest BCUT2D eigenvalue weighted by atomic mass is 10.2. The van der Waals surface area contributed by atoms with Crippen molar-refractivity contribution in [1.82, 2.24) is 9.78 Å². The first-order chi connectivity index (χ1) is 12.2. The number of hydrogen-bond donors (Lipinski definition) is 2. The maximum atomic E-state index is 12.4. The normalized spacial score (nSPS) is 12.7. The highest BCUT2D eigenvalue weighted by molar-refractivity contribution is 6.04. The van der Waals surface area contributed by atoms with Crippen molar-refractivity contribution < 1.29 is 14.3 Å². The summed E-state index contributed by atoms with van der Waals surface area (Å²) in [6.45, 7) is -0.00434. The second-order valence-electron chi connectivity index (χ2n) is 5.48. The largest absolute Gasteiger partial charge is 0.482 e. The molecule has 2 heterocycles. The van der Waals surface area contributed by atoms with Crippen LogP contribution in [0.15, 0.2) is 60.8 Å². The zero-order valence-electron chi connectivity index (χ0n) is 13.1. The molecule has 4 rings (SSSR count). The highest BCUT2D eigenvalue weighted by Gasteiger charge is 2.17. The maximum Gasteiger partial charge on any atom is 0.276 e. The van der Waals surface area contributed by atoms with E-state index in [1.54, 1.807) is 35.1 Å². The number of benzene rings is 2. The van der Waals surface area contributed by atoms with E-state index in [0.29, 0.717) is 22.8 Å². The Balaban J connectivity index is 1.52. The summed E-state index contributed by atoms with van der Waals surface area (Å²) in [6, 6.07) is 16.2. The molecule has 25 heavy (non-hydrogen) atoms. The van der Waals surface area contributed by atoms with Gasteiger partial charge < -0.3 is 15.4 Å². The van der Waals surface area contributed by atoms with Crippen LogP contribution in [0.25, 0.3) is 5.69 Å². The van der Waals surface area contributed by atoms with E-state index in [2.05, 4.69) is 15.7 Å². The number of aromatic nitrogens is 2. The first kappa shape index (κ1) is 14.9. The minimum atomic E-state index is -0.335. The summed E-state index contributed by atoms with van der Waals surface area (Å²) >= 11 is 0. The molecule has 124 valence electrons. The van der Waals surface area contributed by atoms with Gasteiger partial charge in [0.25, 0.3) is 11.8 Å². The van der Waals surface area contributed by atoms with Crippen LogP contribution in [-0.2, 0) is 4.79 Å². The summed E-state index contributed by atoms with van der Waals surface area (Å²) in [4.78, 5) is 23.8. The molecule has 2 amide bonds. The molecule has 0 unspecified atom stereocenters. The van der Waals surface area contributed by atoms with Crippen molar-refractivity contribution in [2.45, 2.75) is 0 Å². The molecule has 2 aromatic carbocycles. The van der Waals surface area contributed by atoms with E-state index < -0.39 is 0 Å². The molecule has 0 fully saturated rings. The van der Waals surface area contributed by atoms with Crippen LogP contribution < -0.4 is 15.4 Å². The van der Waals surface area contributed by atoms with Gasteiger partial charge in [-0.15, -0.1) is 0 Å². The number of hydrogen-bond acceptors (Lipinski definition) is 4. The van der Waals surface area contributed by atoms with Gasteiger partial charge in [-0.05, 0) is 36.4 Å². The molecule has 3 aromatic rings. The van der Waals surface area contributed by atoms with Gasteiger partial charge in [0, 0.05) is 11.9 Å². The Kier molecular flexibility index (Phi) is 3.66. The molecular weight excluding hydrogens is 320 g/mol. The molecule has 0 spiro atoms. The molecule has 1 aromatic heterocycles. The van der Waals surface area contributed by atoms with Crippen molar-refractivity contribution in [3.63, 3.8) is 0 Å². The minimum Gasteiger partial charge on any atom is -0.482 e. The number of ether oxygens (including phenoxy) is 1. The van der Waals surface area contributed by atoms with E-state index >= 15 is 0 Å². The molecule has 0 bridgehead atoms. The fourth-order valence-corrected chi connectivity index (χ4v) is 2.53. The molecule has 0 aliphatic carbocycles. The summed E-state index contributed by atoms with van der Waals surface area (Å²) in [5.41, 5.74) is 2.24. The molecule has 0 saturated carbocycles. The molecule has 0 radical (unpaired) electrons. The Labute approximate surface area is 143 Å². The maximum absolute atomic E-state index is 12.4. The number of para-hydroxylation sites is 1. The van der Waals surface area contributed by atoms with Gasteiger partial charge in [0.05, 0.1) is 11.4 Å². The average Bonchev–Trinajstić information content (AvgIpc) is 3.12. The topological polar surface area (TPSA) is 85.2 Å². The number of carbonyl (C=O) groups is 2. The lowest BCUT2D eigenvalue weighted by molar-refractivity contribution is -0.118. The number of rotatable bonds is 3. The quantitative estimate of drug-likeness (QED) is 0.770. The zero-order chi connectivity index (χ0) is 17.2. The molecule has 7 nitrogen and oxygen atoms in total. The van der Waals surface area contributed by atoms with Gasteiger partial charge >= 0.3 is 0 Å². The Hall–Kier alpha value is -3.61. The monoisotopic (exact) mass is 334 g/mol. The van der Waals surface area contributed by atoms with Crippen LogP contribution in [-0.4, -0.2) is 28.2 Å². The van der Waals surface area contributed by atoms with Gasteiger partial charge in [0.1, 0.15) is 5.75 Å². The Morgan fingerprint density at radius 1 is 1.16 bits per heavy atom. The minimum absolute atomic E-state index is 0.00434. The van der Waals surface area contributed by atoms with Crippen molar-refractivity contribution in [3.8, 4) is 11.4 Å². The molecule has 0 atom stereocenters. The smallest absolute Gasteiger partial charge is 0.276 e. The van der Waals surface area contributed by atoms with E-state index in [4.69, 9.17) is 4.74 Å². The summed E-state index contributed by atoms with van der Waals surface area (Å²) in [5.74, 6) is 0.0150. The molecule has 7 heteroatoms. The summed E-state index contributed by atoms with van der Waals surface area (Å²) < 4.78 is 6.93. The van der Waals surface area contributed by atoms with Crippen molar-refractivity contribution in [3.05, 3.63) is 66.5 Å². The first-order valence-corrected chi connectivity index (χ1v) is 7.68. The highest BCUT2D eigenvalue weighted by atomic mass is 16.5. The van der Waals surface area contributed by atoms with Crippen LogP contribution in [0, 0.1) is 0 Å². The standard InChI is InChI=1S/C18H14N4O3/c23-17-11-25-16-7-6-12(10-15(16)20-17)19-18(24)14-8-9-22(21-14)13-4-2-1-3-5-13/h1-10H,11H2,(H,19,24)(H,20,23). The van der Waals surface area contributed by atoms with Crippen LogP contribution in [0.2, 0.25) is 0 Å². The third-order valence-corrected chi connectivity index (χ3v) is 3.71. The van der Waals surface area contributed by atoms with E-state index in [0.717, 1.165) is 5.69 Å². The van der Waals surface area contributed by atoms with Gasteiger partial charge in [-0.1, -0.05) is 18.2 Å². The second kappa shape index (κ2) is 6.12. The van der Waals surface area contributed by atoms with Crippen molar-refractivity contribution in [2.24, 2.45) is 0 Å². The molecular formula is C18H14N4O3. The Bertz CT molecular complexity index is 950. The molecule has 2 N–H and O–H groups in total. The number of amides is 2. The van der Waals surface area contributed by atoms with Crippen LogP contribution in [0.3, 0.4) is 0 Å². The van der Waals surface area contributed by atoms with Crippen LogP contribution in [0.4, 0.5) is 11.4 Å². The molecule has 1 aliphatic rings. The predicted molar refractivity (Wildman–Crippen MR) is 92.1 cm³/mol. The number of fused-ring (bicyclic) bond motifs is 1. The number of nitrogens with one attached hydrogen (secondary N) is 2.